The topological polar surface area (TPSA) is 39.2 Å². The van der Waals surface area contributed by atoms with Gasteiger partial charge in [0.2, 0.25) is 0 Å². The minimum atomic E-state index is 0.0408. The molecule has 0 atom stereocenters. The molecule has 0 aliphatic heterocycles. The number of carbonyl (C=O) groups excluding carboxylic acids is 1. The molecular formula is C17H21NO2S. The molecule has 0 unspecified atom stereocenters. The third kappa shape index (κ3) is 4.76. The SMILES string of the molecule is CCCc1ccc(C(=O)COCCc2scnc2C)cc1. The number of thiazole rings is 1. The van der Waals surface area contributed by atoms with Gasteiger partial charge >= 0.3 is 0 Å². The van der Waals surface area contributed by atoms with E-state index in [4.69, 9.17) is 4.74 Å². The Kier molecular flexibility index (Phi) is 6.08. The third-order valence-corrected chi connectivity index (χ3v) is 4.36. The second-order valence-corrected chi connectivity index (χ2v) is 5.97. The fourth-order valence-corrected chi connectivity index (χ4v) is 2.89. The minimum Gasteiger partial charge on any atom is -0.373 e. The number of Topliss-reactive ketones (excluding diaryl/α,β-unsaturated/α-hetero) is 1. The van der Waals surface area contributed by atoms with Crippen LogP contribution in [0.3, 0.4) is 0 Å². The van der Waals surface area contributed by atoms with Crippen LogP contribution in [0, 0.1) is 6.92 Å². The summed E-state index contributed by atoms with van der Waals surface area (Å²) >= 11 is 1.63. The molecule has 0 aliphatic rings. The molecule has 1 heterocycles. The lowest BCUT2D eigenvalue weighted by Gasteiger charge is -2.05. The van der Waals surface area contributed by atoms with Crippen LogP contribution in [0.2, 0.25) is 0 Å². The van der Waals surface area contributed by atoms with Crippen molar-refractivity contribution in [3.8, 4) is 0 Å². The Morgan fingerprint density at radius 1 is 1.24 bits per heavy atom. The highest BCUT2D eigenvalue weighted by molar-refractivity contribution is 7.09. The fourth-order valence-electron chi connectivity index (χ4n) is 2.13. The van der Waals surface area contributed by atoms with Crippen molar-refractivity contribution >= 4 is 17.1 Å². The van der Waals surface area contributed by atoms with E-state index in [2.05, 4.69) is 11.9 Å². The van der Waals surface area contributed by atoms with Gasteiger partial charge in [0.05, 0.1) is 17.8 Å². The van der Waals surface area contributed by atoms with Gasteiger partial charge in [0.25, 0.3) is 0 Å². The van der Waals surface area contributed by atoms with Gasteiger partial charge in [-0.1, -0.05) is 37.6 Å². The van der Waals surface area contributed by atoms with Crippen molar-refractivity contribution in [3.05, 3.63) is 51.5 Å². The predicted molar refractivity (Wildman–Crippen MR) is 86.1 cm³/mol. The van der Waals surface area contributed by atoms with Gasteiger partial charge in [-0.15, -0.1) is 11.3 Å². The molecule has 21 heavy (non-hydrogen) atoms. The van der Waals surface area contributed by atoms with E-state index in [0.29, 0.717) is 6.61 Å². The number of ketones is 1. The molecule has 0 bridgehead atoms. The molecule has 0 spiro atoms. The van der Waals surface area contributed by atoms with Crippen LogP contribution in [0.15, 0.2) is 29.8 Å². The minimum absolute atomic E-state index is 0.0408. The monoisotopic (exact) mass is 303 g/mol. The average molecular weight is 303 g/mol. The molecule has 0 saturated heterocycles. The van der Waals surface area contributed by atoms with Gasteiger partial charge in [0.1, 0.15) is 6.61 Å². The highest BCUT2D eigenvalue weighted by Gasteiger charge is 2.07. The number of benzene rings is 1. The lowest BCUT2D eigenvalue weighted by atomic mass is 10.1. The summed E-state index contributed by atoms with van der Waals surface area (Å²) in [6, 6.07) is 7.84. The van der Waals surface area contributed by atoms with E-state index in [-0.39, 0.29) is 12.4 Å². The van der Waals surface area contributed by atoms with Crippen molar-refractivity contribution in [2.75, 3.05) is 13.2 Å². The fraction of sp³-hybridized carbons (Fsp3) is 0.412. The molecule has 1 aromatic carbocycles. The van der Waals surface area contributed by atoms with Gasteiger partial charge in [0, 0.05) is 16.9 Å². The Hall–Kier alpha value is -1.52. The number of carbonyl (C=O) groups is 1. The molecule has 0 radical (unpaired) electrons. The Labute approximate surface area is 130 Å². The molecule has 3 nitrogen and oxygen atoms in total. The van der Waals surface area contributed by atoms with Crippen LogP contribution < -0.4 is 0 Å². The zero-order valence-corrected chi connectivity index (χ0v) is 13.4. The molecule has 2 rings (SSSR count). The maximum absolute atomic E-state index is 12.0. The molecule has 0 amide bonds. The second-order valence-electron chi connectivity index (χ2n) is 5.03. The average Bonchev–Trinajstić information content (AvgIpc) is 2.90. The quantitative estimate of drug-likeness (QED) is 0.549. The van der Waals surface area contributed by atoms with Crippen LogP contribution in [0.1, 0.15) is 39.8 Å². The molecule has 0 saturated carbocycles. The number of rotatable bonds is 8. The van der Waals surface area contributed by atoms with E-state index in [1.807, 2.05) is 36.7 Å². The van der Waals surface area contributed by atoms with E-state index in [0.717, 1.165) is 30.5 Å². The lowest BCUT2D eigenvalue weighted by molar-refractivity contribution is 0.0766. The first-order valence-corrected chi connectivity index (χ1v) is 8.17. The molecule has 2 aromatic rings. The summed E-state index contributed by atoms with van der Waals surface area (Å²) in [5.41, 5.74) is 4.90. The molecule has 0 N–H and O–H groups in total. The van der Waals surface area contributed by atoms with Crippen molar-refractivity contribution in [2.45, 2.75) is 33.1 Å². The summed E-state index contributed by atoms with van der Waals surface area (Å²) < 4.78 is 5.49. The maximum atomic E-state index is 12.0. The Morgan fingerprint density at radius 2 is 2.00 bits per heavy atom. The molecular weight excluding hydrogens is 282 g/mol. The Bertz CT molecular complexity index is 575. The molecule has 4 heteroatoms. The van der Waals surface area contributed by atoms with E-state index >= 15 is 0 Å². The van der Waals surface area contributed by atoms with Gasteiger partial charge in [-0.05, 0) is 18.9 Å². The van der Waals surface area contributed by atoms with Gasteiger partial charge in [-0.2, -0.15) is 0 Å². The van der Waals surface area contributed by atoms with Crippen LogP contribution in [0.5, 0.6) is 0 Å². The molecule has 0 fully saturated rings. The molecule has 0 aliphatic carbocycles. The van der Waals surface area contributed by atoms with Crippen LogP contribution in [-0.2, 0) is 17.6 Å². The Balaban J connectivity index is 1.75. The first-order valence-electron chi connectivity index (χ1n) is 7.29. The van der Waals surface area contributed by atoms with Crippen molar-refractivity contribution in [2.24, 2.45) is 0 Å². The van der Waals surface area contributed by atoms with E-state index in [1.165, 1.54) is 10.4 Å². The van der Waals surface area contributed by atoms with Gasteiger partial charge < -0.3 is 4.74 Å². The maximum Gasteiger partial charge on any atom is 0.188 e. The highest BCUT2D eigenvalue weighted by atomic mass is 32.1. The predicted octanol–water partition coefficient (Wildman–Crippen LogP) is 3.85. The summed E-state index contributed by atoms with van der Waals surface area (Å²) in [7, 11) is 0. The van der Waals surface area contributed by atoms with Crippen LogP contribution in [0.4, 0.5) is 0 Å². The van der Waals surface area contributed by atoms with Crippen LogP contribution in [0.25, 0.3) is 0 Å². The number of hydrogen-bond acceptors (Lipinski definition) is 4. The van der Waals surface area contributed by atoms with Crippen molar-refractivity contribution in [1.29, 1.82) is 0 Å². The zero-order valence-electron chi connectivity index (χ0n) is 12.6. The first-order chi connectivity index (χ1) is 10.2. The van der Waals surface area contributed by atoms with Crippen molar-refractivity contribution in [1.82, 2.24) is 4.98 Å². The summed E-state index contributed by atoms with van der Waals surface area (Å²) in [4.78, 5) is 17.4. The molecule has 1 aromatic heterocycles. The third-order valence-electron chi connectivity index (χ3n) is 3.37. The number of nitrogens with zero attached hydrogens (tertiary/aromatic N) is 1. The smallest absolute Gasteiger partial charge is 0.188 e. The van der Waals surface area contributed by atoms with E-state index < -0.39 is 0 Å². The van der Waals surface area contributed by atoms with E-state index in [1.54, 1.807) is 11.3 Å². The van der Waals surface area contributed by atoms with Crippen LogP contribution >= 0.6 is 11.3 Å². The summed E-state index contributed by atoms with van der Waals surface area (Å²) in [6.07, 6.45) is 2.99. The number of hydrogen-bond donors (Lipinski definition) is 0. The van der Waals surface area contributed by atoms with Crippen LogP contribution in [-0.4, -0.2) is 24.0 Å². The zero-order chi connectivity index (χ0) is 15.1. The number of ether oxygens (including phenoxy) is 1. The van der Waals surface area contributed by atoms with Gasteiger partial charge in [0.15, 0.2) is 5.78 Å². The summed E-state index contributed by atoms with van der Waals surface area (Å²) in [6.45, 7) is 4.85. The van der Waals surface area contributed by atoms with Crippen molar-refractivity contribution in [3.63, 3.8) is 0 Å². The first kappa shape index (κ1) is 15.9. The normalized spacial score (nSPS) is 10.8. The highest BCUT2D eigenvalue weighted by Crippen LogP contribution is 2.13. The summed E-state index contributed by atoms with van der Waals surface area (Å²) in [5.74, 6) is 0.0408. The van der Waals surface area contributed by atoms with Gasteiger partial charge in [-0.25, -0.2) is 4.98 Å². The lowest BCUT2D eigenvalue weighted by Crippen LogP contribution is -2.11. The number of aryl methyl sites for hydroxylation is 2. The molecule has 112 valence electrons. The van der Waals surface area contributed by atoms with Gasteiger partial charge in [-0.3, -0.25) is 4.79 Å². The standard InChI is InChI=1S/C17H21NO2S/c1-3-4-14-5-7-15(8-6-14)16(19)11-20-10-9-17-13(2)18-12-21-17/h5-8,12H,3-4,9-11H2,1-2H3. The Morgan fingerprint density at radius 3 is 2.62 bits per heavy atom. The number of aromatic nitrogens is 1. The van der Waals surface area contributed by atoms with Crippen molar-refractivity contribution < 1.29 is 9.53 Å². The second kappa shape index (κ2) is 8.05. The summed E-state index contributed by atoms with van der Waals surface area (Å²) in [5, 5.41) is 0. The largest absolute Gasteiger partial charge is 0.373 e. The van der Waals surface area contributed by atoms with E-state index in [9.17, 15) is 4.79 Å².